The minimum absolute atomic E-state index is 0.361. The Morgan fingerprint density at radius 1 is 0.968 bits per heavy atom. The number of methoxy groups -OCH3 is 2. The van der Waals surface area contributed by atoms with Gasteiger partial charge in [-0.3, -0.25) is 9.59 Å². The second-order valence-electron chi connectivity index (χ2n) is 7.51. The molecule has 0 spiro atoms. The Morgan fingerprint density at radius 3 is 2.26 bits per heavy atom. The van der Waals surface area contributed by atoms with E-state index < -0.39 is 17.9 Å². The number of fused-ring (bicyclic) bond motifs is 1. The van der Waals surface area contributed by atoms with Crippen LogP contribution < -0.4 is 9.47 Å². The Bertz CT molecular complexity index is 973. The number of carbonyl (C=O) groups is 2. The normalized spacial score (nSPS) is 18.4. The van der Waals surface area contributed by atoms with Gasteiger partial charge in [-0.25, -0.2) is 4.39 Å². The highest BCUT2D eigenvalue weighted by Gasteiger charge is 2.37. The van der Waals surface area contributed by atoms with Gasteiger partial charge in [0.25, 0.3) is 0 Å². The van der Waals surface area contributed by atoms with Gasteiger partial charge >= 0.3 is 11.8 Å². The summed E-state index contributed by atoms with van der Waals surface area (Å²) in [5, 5.41) is 0. The monoisotopic (exact) mass is 428 g/mol. The SMILES string of the molecule is COc1cc2c(cc1OC)C(c1ccc(F)cc1)N(C(=O)C(=O)N1CCOCC1)CC2. The molecular formula is C23H25FN2O5. The Balaban J connectivity index is 1.75. The minimum atomic E-state index is -0.573. The van der Waals surface area contributed by atoms with Crippen molar-refractivity contribution >= 4 is 11.8 Å². The Hall–Kier alpha value is -3.13. The average Bonchev–Trinajstić information content (AvgIpc) is 2.82. The van der Waals surface area contributed by atoms with Gasteiger partial charge < -0.3 is 24.0 Å². The molecule has 1 unspecified atom stereocenters. The van der Waals surface area contributed by atoms with Crippen LogP contribution in [0.25, 0.3) is 0 Å². The van der Waals surface area contributed by atoms with Crippen LogP contribution in [0.15, 0.2) is 36.4 Å². The van der Waals surface area contributed by atoms with Gasteiger partial charge in [-0.05, 0) is 47.4 Å². The molecule has 2 amide bonds. The maximum atomic E-state index is 13.6. The molecule has 1 saturated heterocycles. The van der Waals surface area contributed by atoms with Gasteiger partial charge in [-0.1, -0.05) is 12.1 Å². The number of benzene rings is 2. The first-order valence-corrected chi connectivity index (χ1v) is 10.2. The fourth-order valence-electron chi connectivity index (χ4n) is 4.19. The molecule has 0 radical (unpaired) electrons. The first kappa shape index (κ1) is 21.1. The molecule has 4 rings (SSSR count). The molecule has 0 aliphatic carbocycles. The second-order valence-corrected chi connectivity index (χ2v) is 7.51. The third-order valence-corrected chi connectivity index (χ3v) is 5.80. The topological polar surface area (TPSA) is 68.3 Å². The highest BCUT2D eigenvalue weighted by molar-refractivity contribution is 6.35. The number of rotatable bonds is 3. The molecule has 7 nitrogen and oxygen atoms in total. The van der Waals surface area contributed by atoms with Crippen molar-refractivity contribution in [3.05, 3.63) is 58.9 Å². The fraction of sp³-hybridized carbons (Fsp3) is 0.391. The Labute approximate surface area is 180 Å². The van der Waals surface area contributed by atoms with Crippen LogP contribution in [0.5, 0.6) is 11.5 Å². The molecule has 2 aliphatic heterocycles. The Kier molecular flexibility index (Phi) is 6.08. The number of ether oxygens (including phenoxy) is 3. The van der Waals surface area contributed by atoms with Gasteiger partial charge in [-0.15, -0.1) is 0 Å². The highest BCUT2D eigenvalue weighted by Crippen LogP contribution is 2.41. The number of morpholine rings is 1. The van der Waals surface area contributed by atoms with Crippen molar-refractivity contribution in [1.29, 1.82) is 0 Å². The van der Waals surface area contributed by atoms with Crippen molar-refractivity contribution in [2.75, 3.05) is 47.1 Å². The molecule has 8 heteroatoms. The maximum Gasteiger partial charge on any atom is 0.312 e. The van der Waals surface area contributed by atoms with Crippen LogP contribution in [0.2, 0.25) is 0 Å². The van der Waals surface area contributed by atoms with E-state index in [1.54, 1.807) is 31.3 Å². The van der Waals surface area contributed by atoms with Crippen LogP contribution in [0, 0.1) is 5.82 Å². The van der Waals surface area contributed by atoms with Gasteiger partial charge in [0.1, 0.15) is 5.82 Å². The van der Waals surface area contributed by atoms with Crippen LogP contribution in [0.1, 0.15) is 22.7 Å². The lowest BCUT2D eigenvalue weighted by Gasteiger charge is -2.39. The lowest BCUT2D eigenvalue weighted by Crippen LogP contribution is -2.51. The first-order valence-electron chi connectivity index (χ1n) is 10.2. The zero-order valence-electron chi connectivity index (χ0n) is 17.6. The fourth-order valence-corrected chi connectivity index (χ4v) is 4.19. The number of carbonyl (C=O) groups excluding carboxylic acids is 2. The lowest BCUT2D eigenvalue weighted by atomic mass is 9.87. The standard InChI is InChI=1S/C23H25FN2O5/c1-29-19-13-16-7-8-26(23(28)22(27)25-9-11-31-12-10-25)21(18(16)14-20(19)30-2)15-3-5-17(24)6-4-15/h3-6,13-14,21H,7-12H2,1-2H3. The van der Waals surface area contributed by atoms with Crippen LogP contribution in [-0.4, -0.2) is 68.7 Å². The molecule has 0 saturated carbocycles. The van der Waals surface area contributed by atoms with Crippen molar-refractivity contribution in [2.24, 2.45) is 0 Å². The first-order chi connectivity index (χ1) is 15.0. The number of hydrogen-bond acceptors (Lipinski definition) is 5. The summed E-state index contributed by atoms with van der Waals surface area (Å²) >= 11 is 0. The number of halogens is 1. The molecule has 31 heavy (non-hydrogen) atoms. The second kappa shape index (κ2) is 8.93. The number of amides is 2. The van der Waals surface area contributed by atoms with Crippen LogP contribution in [0.4, 0.5) is 4.39 Å². The van der Waals surface area contributed by atoms with Crippen LogP contribution in [0.3, 0.4) is 0 Å². The summed E-state index contributed by atoms with van der Waals surface area (Å²) in [5.74, 6) is -0.351. The molecule has 1 fully saturated rings. The third-order valence-electron chi connectivity index (χ3n) is 5.80. The van der Waals surface area contributed by atoms with Crippen molar-refractivity contribution < 1.29 is 28.2 Å². The van der Waals surface area contributed by atoms with Crippen LogP contribution in [-0.2, 0) is 20.7 Å². The van der Waals surface area contributed by atoms with Crippen molar-refractivity contribution in [1.82, 2.24) is 9.80 Å². The summed E-state index contributed by atoms with van der Waals surface area (Å²) in [5.41, 5.74) is 2.55. The summed E-state index contributed by atoms with van der Waals surface area (Å²) < 4.78 is 29.8. The molecule has 164 valence electrons. The number of nitrogens with zero attached hydrogens (tertiary/aromatic N) is 2. The van der Waals surface area contributed by atoms with E-state index in [9.17, 15) is 14.0 Å². The van der Waals surface area contributed by atoms with E-state index in [2.05, 4.69) is 0 Å². The molecule has 2 heterocycles. The van der Waals surface area contributed by atoms with Gasteiger partial charge in [0.2, 0.25) is 0 Å². The van der Waals surface area contributed by atoms with E-state index in [0.29, 0.717) is 50.8 Å². The van der Waals surface area contributed by atoms with Crippen LogP contribution >= 0.6 is 0 Å². The molecule has 0 bridgehead atoms. The van der Waals surface area contributed by atoms with E-state index in [4.69, 9.17) is 14.2 Å². The highest BCUT2D eigenvalue weighted by atomic mass is 19.1. The zero-order valence-corrected chi connectivity index (χ0v) is 17.6. The van der Waals surface area contributed by atoms with Gasteiger partial charge in [0.15, 0.2) is 11.5 Å². The molecule has 2 aliphatic rings. The van der Waals surface area contributed by atoms with E-state index in [1.165, 1.54) is 17.0 Å². The van der Waals surface area contributed by atoms with E-state index in [0.717, 1.165) is 16.7 Å². The quantitative estimate of drug-likeness (QED) is 0.701. The summed E-state index contributed by atoms with van der Waals surface area (Å²) in [6, 6.07) is 9.20. The molecule has 2 aromatic carbocycles. The van der Waals surface area contributed by atoms with E-state index >= 15 is 0 Å². The molecule has 1 atom stereocenters. The van der Waals surface area contributed by atoms with Gasteiger partial charge in [0, 0.05) is 19.6 Å². The van der Waals surface area contributed by atoms with Gasteiger partial charge in [-0.2, -0.15) is 0 Å². The van der Waals surface area contributed by atoms with E-state index in [1.807, 2.05) is 12.1 Å². The average molecular weight is 428 g/mol. The van der Waals surface area contributed by atoms with Crippen molar-refractivity contribution in [3.8, 4) is 11.5 Å². The summed E-state index contributed by atoms with van der Waals surface area (Å²) in [7, 11) is 3.12. The molecule has 2 aromatic rings. The summed E-state index contributed by atoms with van der Waals surface area (Å²) in [4.78, 5) is 29.3. The maximum absolute atomic E-state index is 13.6. The summed E-state index contributed by atoms with van der Waals surface area (Å²) in [6.07, 6.45) is 0.565. The van der Waals surface area contributed by atoms with Gasteiger partial charge in [0.05, 0.1) is 33.5 Å². The third kappa shape index (κ3) is 4.07. The largest absolute Gasteiger partial charge is 0.493 e. The summed E-state index contributed by atoms with van der Waals surface area (Å²) in [6.45, 7) is 1.97. The molecule has 0 N–H and O–H groups in total. The Morgan fingerprint density at radius 2 is 1.61 bits per heavy atom. The van der Waals surface area contributed by atoms with Crippen molar-refractivity contribution in [2.45, 2.75) is 12.5 Å². The predicted molar refractivity (Wildman–Crippen MR) is 111 cm³/mol. The molecular weight excluding hydrogens is 403 g/mol. The molecule has 0 aromatic heterocycles. The minimum Gasteiger partial charge on any atom is -0.493 e. The smallest absolute Gasteiger partial charge is 0.312 e. The predicted octanol–water partition coefficient (Wildman–Crippen LogP) is 2.18. The van der Waals surface area contributed by atoms with E-state index in [-0.39, 0.29) is 5.82 Å². The number of hydrogen-bond donors (Lipinski definition) is 0. The lowest BCUT2D eigenvalue weighted by molar-refractivity contribution is -0.155. The van der Waals surface area contributed by atoms with Crippen molar-refractivity contribution in [3.63, 3.8) is 0 Å². The zero-order chi connectivity index (χ0) is 22.0.